The molecular weight excluding hydrogens is 249 g/mol. The van der Waals surface area contributed by atoms with Gasteiger partial charge in [-0.2, -0.15) is 0 Å². The van der Waals surface area contributed by atoms with E-state index in [1.165, 1.54) is 20.3 Å². The summed E-state index contributed by atoms with van der Waals surface area (Å²) in [5.74, 6) is 0.143. The van der Waals surface area contributed by atoms with Crippen molar-refractivity contribution >= 4 is 23.6 Å². The van der Waals surface area contributed by atoms with Gasteiger partial charge in [-0.25, -0.2) is 0 Å². The van der Waals surface area contributed by atoms with Gasteiger partial charge >= 0.3 is 93.8 Å². The maximum atomic E-state index is 11.5. The van der Waals surface area contributed by atoms with Crippen molar-refractivity contribution in [3.8, 4) is 0 Å². The summed E-state index contributed by atoms with van der Waals surface area (Å²) in [7, 11) is 0. The number of aromatic nitrogens is 2. The Morgan fingerprint density at radius 1 is 1.33 bits per heavy atom. The van der Waals surface area contributed by atoms with Crippen LogP contribution in [0.4, 0.5) is 0 Å². The molecule has 0 unspecified atom stereocenters. The van der Waals surface area contributed by atoms with Crippen molar-refractivity contribution < 1.29 is 4.79 Å². The second-order valence-electron chi connectivity index (χ2n) is 4.06. The van der Waals surface area contributed by atoms with Crippen LogP contribution in [0.5, 0.6) is 0 Å². The van der Waals surface area contributed by atoms with Gasteiger partial charge in [0.1, 0.15) is 0 Å². The number of nitrogens with one attached hydrogen (secondary N) is 1. The zero-order valence-electron chi connectivity index (χ0n) is 10.1. The first kappa shape index (κ1) is 12.5. The van der Waals surface area contributed by atoms with Crippen molar-refractivity contribution in [3.05, 3.63) is 11.8 Å². The molecule has 0 amide bonds. The molecule has 1 heterocycles. The molecule has 4 heteroatoms. The summed E-state index contributed by atoms with van der Waals surface area (Å²) in [6, 6.07) is 0. The Kier molecular flexibility index (Phi) is 4.14. The average molecular weight is 269 g/mol. The van der Waals surface area contributed by atoms with Crippen LogP contribution in [0.1, 0.15) is 38.1 Å². The minimum atomic E-state index is -2.04. The number of ketones is 1. The summed E-state index contributed by atoms with van der Waals surface area (Å²) in [4.78, 5) is 11.5. The molecule has 0 spiro atoms. The van der Waals surface area contributed by atoms with Crippen LogP contribution in [0.15, 0.2) is 6.20 Å². The number of nitrogens with zero attached hydrogens (tertiary/aromatic N) is 1. The first-order valence-electron chi connectivity index (χ1n) is 5.66. The van der Waals surface area contributed by atoms with Crippen molar-refractivity contribution in [3.63, 3.8) is 0 Å². The van der Waals surface area contributed by atoms with Crippen LogP contribution in [0, 0.1) is 0 Å². The van der Waals surface area contributed by atoms with E-state index in [0.29, 0.717) is 0 Å². The third-order valence-corrected chi connectivity index (χ3v) is 15.1. The molecule has 0 saturated heterocycles. The third kappa shape index (κ3) is 2.17. The van der Waals surface area contributed by atoms with Gasteiger partial charge in [0.05, 0.1) is 0 Å². The van der Waals surface area contributed by atoms with Crippen molar-refractivity contribution in [2.45, 2.75) is 43.5 Å². The zero-order chi connectivity index (χ0) is 11.5. The summed E-state index contributed by atoms with van der Waals surface area (Å²) in [6.07, 6.45) is 1.69. The Bertz CT molecular complexity index is 334. The van der Waals surface area contributed by atoms with Crippen molar-refractivity contribution in [1.29, 1.82) is 0 Å². The molecule has 0 atom stereocenters. The maximum absolute atomic E-state index is 11.5. The van der Waals surface area contributed by atoms with E-state index in [2.05, 4.69) is 31.0 Å². The van der Waals surface area contributed by atoms with Crippen LogP contribution in [0.25, 0.3) is 0 Å². The number of hydrogen-bond donors (Lipinski definition) is 1. The fraction of sp³-hybridized carbons (Fsp3) is 0.636. The summed E-state index contributed by atoms with van der Waals surface area (Å²) in [5.41, 5.74) is 0.834. The van der Waals surface area contributed by atoms with Crippen LogP contribution >= 0.6 is 0 Å². The molecule has 84 valence electrons. The molecule has 3 nitrogen and oxygen atoms in total. The molecular formula is C11H20GeN2O. The monoisotopic (exact) mass is 270 g/mol. The predicted octanol–water partition coefficient (Wildman–Crippen LogP) is 2.33. The van der Waals surface area contributed by atoms with Gasteiger partial charge in [0.15, 0.2) is 0 Å². The van der Waals surface area contributed by atoms with E-state index in [0.717, 1.165) is 5.56 Å². The van der Waals surface area contributed by atoms with Crippen molar-refractivity contribution in [2.24, 2.45) is 0 Å². The van der Waals surface area contributed by atoms with Crippen molar-refractivity contribution in [2.75, 3.05) is 0 Å². The van der Waals surface area contributed by atoms with Gasteiger partial charge in [-0.15, -0.1) is 0 Å². The molecule has 15 heavy (non-hydrogen) atoms. The Morgan fingerprint density at radius 2 is 1.87 bits per heavy atom. The number of H-pyrrole nitrogens is 1. The predicted molar refractivity (Wildman–Crippen MR) is 65.4 cm³/mol. The van der Waals surface area contributed by atoms with Crippen LogP contribution < -0.4 is 4.53 Å². The fourth-order valence-corrected chi connectivity index (χ4v) is 9.95. The third-order valence-electron chi connectivity index (χ3n) is 3.58. The molecule has 0 aliphatic rings. The number of aromatic amines is 1. The Hall–Kier alpha value is -0.577. The van der Waals surface area contributed by atoms with Crippen LogP contribution in [0.2, 0.25) is 15.8 Å². The molecule has 1 aromatic rings. The van der Waals surface area contributed by atoms with Crippen LogP contribution in [-0.2, 0) is 0 Å². The summed E-state index contributed by atoms with van der Waals surface area (Å²) in [6.45, 7) is 8.37. The molecule has 0 saturated carbocycles. The first-order chi connectivity index (χ1) is 7.11. The standard InChI is InChI=1S/C11H20GeN2O/c1-5-12(6-2,7-3)11-10(9(4)15)8-13-14-11/h8H,5-7H2,1-4H3,(H,13,14). The van der Waals surface area contributed by atoms with Crippen LogP contribution in [-0.4, -0.2) is 29.2 Å². The van der Waals surface area contributed by atoms with Crippen LogP contribution in [0.3, 0.4) is 0 Å². The van der Waals surface area contributed by atoms with E-state index < -0.39 is 13.3 Å². The quantitative estimate of drug-likeness (QED) is 0.658. The molecule has 0 bridgehead atoms. The van der Waals surface area contributed by atoms with Gasteiger partial charge in [0, 0.05) is 0 Å². The van der Waals surface area contributed by atoms with E-state index in [-0.39, 0.29) is 5.78 Å². The van der Waals surface area contributed by atoms with Gasteiger partial charge in [-0.1, -0.05) is 0 Å². The Labute approximate surface area is 94.0 Å². The minimum absolute atomic E-state index is 0.143. The van der Waals surface area contributed by atoms with E-state index in [4.69, 9.17) is 0 Å². The van der Waals surface area contributed by atoms with Gasteiger partial charge < -0.3 is 0 Å². The topological polar surface area (TPSA) is 45.8 Å². The Morgan fingerprint density at radius 3 is 2.27 bits per heavy atom. The van der Waals surface area contributed by atoms with E-state index in [1.54, 1.807) is 13.1 Å². The molecule has 1 N–H and O–H groups in total. The molecule has 0 aliphatic carbocycles. The summed E-state index contributed by atoms with van der Waals surface area (Å²) in [5, 5.41) is 10.8. The van der Waals surface area contributed by atoms with Gasteiger partial charge in [0.2, 0.25) is 0 Å². The molecule has 0 fully saturated rings. The second-order valence-corrected chi connectivity index (χ2v) is 14.9. The van der Waals surface area contributed by atoms with E-state index in [1.807, 2.05) is 0 Å². The number of rotatable bonds is 5. The normalized spacial score (nSPS) is 11.7. The Balaban J connectivity index is 3.22. The van der Waals surface area contributed by atoms with Gasteiger partial charge in [-0.3, -0.25) is 0 Å². The molecule has 0 radical (unpaired) electrons. The van der Waals surface area contributed by atoms with Gasteiger partial charge in [-0.05, 0) is 0 Å². The molecule has 1 rings (SSSR count). The second kappa shape index (κ2) is 4.97. The SMILES string of the molecule is C[CH2][Ge]([CH2]C)([CH2]C)[c]1[nH]ncc1C(C)=O. The number of Topliss-reactive ketones (excluding diaryl/α,β-unsaturated/α-hetero) is 1. The number of carbonyl (C=O) groups excluding carboxylic acids is 1. The summed E-state index contributed by atoms with van der Waals surface area (Å²) >= 11 is -2.04. The number of hydrogen-bond acceptors (Lipinski definition) is 2. The zero-order valence-corrected chi connectivity index (χ0v) is 12.2. The van der Waals surface area contributed by atoms with Crippen molar-refractivity contribution in [1.82, 2.24) is 10.2 Å². The van der Waals surface area contributed by atoms with E-state index in [9.17, 15) is 4.79 Å². The molecule has 0 aliphatic heterocycles. The fourth-order valence-electron chi connectivity index (χ4n) is 2.24. The first-order valence-corrected chi connectivity index (χ1v) is 11.2. The number of carbonyl (C=O) groups is 1. The molecule has 1 aromatic heterocycles. The molecule has 0 aromatic carbocycles. The van der Waals surface area contributed by atoms with E-state index >= 15 is 0 Å². The average Bonchev–Trinajstić information content (AvgIpc) is 2.71. The summed E-state index contributed by atoms with van der Waals surface area (Å²) < 4.78 is 1.20. The van der Waals surface area contributed by atoms with Gasteiger partial charge in [0.25, 0.3) is 0 Å².